The average molecular weight is 425 g/mol. The molecule has 5 heteroatoms. The minimum atomic E-state index is 0. The molecule has 1 heterocycles. The standard InChI is InChI=1S/C16H31N3S.HI/c1-3-17-15(18-11-7-13-20-2)19-12-10-16(14-19)8-5-4-6-9-16;/h3-14H2,1-2H3,(H,17,18);1H. The monoisotopic (exact) mass is 425 g/mol. The molecule has 1 aliphatic heterocycles. The lowest BCUT2D eigenvalue weighted by atomic mass is 9.73. The van der Waals surface area contributed by atoms with Crippen LogP contribution in [-0.2, 0) is 0 Å². The highest BCUT2D eigenvalue weighted by atomic mass is 127. The van der Waals surface area contributed by atoms with Crippen LogP contribution >= 0.6 is 35.7 Å². The van der Waals surface area contributed by atoms with Crippen molar-refractivity contribution in [1.82, 2.24) is 10.2 Å². The summed E-state index contributed by atoms with van der Waals surface area (Å²) < 4.78 is 0. The predicted molar refractivity (Wildman–Crippen MR) is 106 cm³/mol. The largest absolute Gasteiger partial charge is 0.357 e. The molecule has 0 atom stereocenters. The van der Waals surface area contributed by atoms with Crippen LogP contribution in [0.4, 0.5) is 0 Å². The first-order chi connectivity index (χ1) is 9.79. The fraction of sp³-hybridized carbons (Fsp3) is 0.938. The molecule has 1 spiro atoms. The summed E-state index contributed by atoms with van der Waals surface area (Å²) in [5.41, 5.74) is 0.619. The average Bonchev–Trinajstić information content (AvgIpc) is 2.87. The molecule has 0 aromatic heterocycles. The van der Waals surface area contributed by atoms with Gasteiger partial charge >= 0.3 is 0 Å². The fourth-order valence-electron chi connectivity index (χ4n) is 3.65. The zero-order valence-corrected chi connectivity index (χ0v) is 16.8. The first-order valence-corrected chi connectivity index (χ1v) is 9.71. The third-order valence-corrected chi connectivity index (χ3v) is 5.45. The zero-order valence-electron chi connectivity index (χ0n) is 13.7. The number of likely N-dealkylation sites (tertiary alicyclic amines) is 1. The smallest absolute Gasteiger partial charge is 0.193 e. The van der Waals surface area contributed by atoms with E-state index in [4.69, 9.17) is 4.99 Å². The molecule has 2 aliphatic rings. The van der Waals surface area contributed by atoms with Crippen molar-refractivity contribution in [2.45, 2.75) is 51.9 Å². The Hall–Kier alpha value is 0.350. The Labute approximate surface area is 152 Å². The summed E-state index contributed by atoms with van der Waals surface area (Å²) in [5, 5.41) is 3.49. The summed E-state index contributed by atoms with van der Waals surface area (Å²) in [7, 11) is 0. The van der Waals surface area contributed by atoms with Crippen LogP contribution in [0.5, 0.6) is 0 Å². The van der Waals surface area contributed by atoms with Gasteiger partial charge in [-0.1, -0.05) is 19.3 Å². The van der Waals surface area contributed by atoms with Crippen LogP contribution in [0.3, 0.4) is 0 Å². The van der Waals surface area contributed by atoms with Gasteiger partial charge in [-0.2, -0.15) is 11.8 Å². The first-order valence-electron chi connectivity index (χ1n) is 8.32. The van der Waals surface area contributed by atoms with Crippen LogP contribution in [0.1, 0.15) is 51.9 Å². The van der Waals surface area contributed by atoms with Crippen LogP contribution in [0.15, 0.2) is 4.99 Å². The SMILES string of the molecule is CCNC(=NCCCSC)N1CCC2(CCCCC2)C1.I. The number of hydrogen-bond donors (Lipinski definition) is 1. The molecule has 1 aliphatic carbocycles. The molecule has 0 radical (unpaired) electrons. The lowest BCUT2D eigenvalue weighted by Crippen LogP contribution is -2.41. The summed E-state index contributed by atoms with van der Waals surface area (Å²) in [6.45, 7) is 6.55. The van der Waals surface area contributed by atoms with Gasteiger partial charge in [0.05, 0.1) is 0 Å². The van der Waals surface area contributed by atoms with Crippen molar-refractivity contribution in [3.8, 4) is 0 Å². The molecule has 2 fully saturated rings. The molecule has 1 saturated heterocycles. The molecule has 0 aromatic carbocycles. The van der Waals surface area contributed by atoms with Gasteiger partial charge in [-0.15, -0.1) is 24.0 Å². The summed E-state index contributed by atoms with van der Waals surface area (Å²) in [6.07, 6.45) is 11.9. The third-order valence-electron chi connectivity index (χ3n) is 4.76. The highest BCUT2D eigenvalue weighted by Crippen LogP contribution is 2.43. The molecule has 0 bridgehead atoms. The molecule has 3 nitrogen and oxygen atoms in total. The zero-order chi connectivity index (χ0) is 14.3. The Bertz CT molecular complexity index is 317. The first kappa shape index (κ1) is 19.4. The maximum atomic E-state index is 4.83. The highest BCUT2D eigenvalue weighted by molar-refractivity contribution is 14.0. The molecule has 0 amide bonds. The molecule has 2 rings (SSSR count). The Morgan fingerprint density at radius 2 is 2.00 bits per heavy atom. The van der Waals surface area contributed by atoms with Gasteiger partial charge in [-0.05, 0) is 50.0 Å². The third kappa shape index (κ3) is 5.81. The van der Waals surface area contributed by atoms with Gasteiger partial charge in [0.1, 0.15) is 0 Å². The van der Waals surface area contributed by atoms with E-state index >= 15 is 0 Å². The van der Waals surface area contributed by atoms with E-state index in [2.05, 4.69) is 23.4 Å². The van der Waals surface area contributed by atoms with Gasteiger partial charge in [0.2, 0.25) is 0 Å². The number of thioether (sulfide) groups is 1. The van der Waals surface area contributed by atoms with E-state index < -0.39 is 0 Å². The molecule has 1 saturated carbocycles. The molecule has 21 heavy (non-hydrogen) atoms. The van der Waals surface area contributed by atoms with E-state index in [0.29, 0.717) is 5.41 Å². The number of nitrogens with one attached hydrogen (secondary N) is 1. The van der Waals surface area contributed by atoms with Crippen LogP contribution in [0.2, 0.25) is 0 Å². The van der Waals surface area contributed by atoms with Crippen LogP contribution < -0.4 is 5.32 Å². The number of guanidine groups is 1. The van der Waals surface area contributed by atoms with Gasteiger partial charge in [0, 0.05) is 26.2 Å². The van der Waals surface area contributed by atoms with Crippen molar-refractivity contribution in [2.24, 2.45) is 10.4 Å². The van der Waals surface area contributed by atoms with Gasteiger partial charge in [-0.3, -0.25) is 4.99 Å². The molecular weight excluding hydrogens is 393 g/mol. The number of hydrogen-bond acceptors (Lipinski definition) is 2. The molecule has 1 N–H and O–H groups in total. The predicted octanol–water partition coefficient (Wildman–Crippen LogP) is 3.98. The molecular formula is C16H32IN3S. The van der Waals surface area contributed by atoms with Gasteiger partial charge in [0.25, 0.3) is 0 Å². The quantitative estimate of drug-likeness (QED) is 0.313. The second-order valence-electron chi connectivity index (χ2n) is 6.31. The summed E-state index contributed by atoms with van der Waals surface area (Å²) >= 11 is 1.91. The Balaban J connectivity index is 0.00000220. The molecule has 124 valence electrons. The number of aliphatic imine (C=N–C) groups is 1. The Kier molecular flexibility index (Phi) is 9.41. The Morgan fingerprint density at radius 3 is 2.67 bits per heavy atom. The highest BCUT2D eigenvalue weighted by Gasteiger charge is 2.39. The van der Waals surface area contributed by atoms with Crippen molar-refractivity contribution < 1.29 is 0 Å². The maximum Gasteiger partial charge on any atom is 0.193 e. The van der Waals surface area contributed by atoms with E-state index in [1.165, 1.54) is 63.8 Å². The van der Waals surface area contributed by atoms with E-state index in [9.17, 15) is 0 Å². The second-order valence-corrected chi connectivity index (χ2v) is 7.30. The van der Waals surface area contributed by atoms with E-state index in [-0.39, 0.29) is 24.0 Å². The van der Waals surface area contributed by atoms with Crippen LogP contribution in [0.25, 0.3) is 0 Å². The molecule has 0 aromatic rings. The fourth-order valence-corrected chi connectivity index (χ4v) is 4.06. The van der Waals surface area contributed by atoms with Crippen LogP contribution in [-0.4, -0.2) is 49.0 Å². The second kappa shape index (κ2) is 10.2. The lowest BCUT2D eigenvalue weighted by molar-refractivity contribution is 0.203. The van der Waals surface area contributed by atoms with Crippen molar-refractivity contribution in [3.63, 3.8) is 0 Å². The number of halogens is 1. The minimum absolute atomic E-state index is 0. The van der Waals surface area contributed by atoms with Crippen molar-refractivity contribution >= 4 is 41.7 Å². The minimum Gasteiger partial charge on any atom is -0.357 e. The summed E-state index contributed by atoms with van der Waals surface area (Å²) in [5.74, 6) is 2.38. The van der Waals surface area contributed by atoms with E-state index in [1.54, 1.807) is 0 Å². The molecule has 0 unspecified atom stereocenters. The normalized spacial score (nSPS) is 21.4. The van der Waals surface area contributed by atoms with Crippen molar-refractivity contribution in [1.29, 1.82) is 0 Å². The summed E-state index contributed by atoms with van der Waals surface area (Å²) in [6, 6.07) is 0. The van der Waals surface area contributed by atoms with Crippen LogP contribution in [0, 0.1) is 5.41 Å². The van der Waals surface area contributed by atoms with Gasteiger partial charge in [0.15, 0.2) is 5.96 Å². The summed E-state index contributed by atoms with van der Waals surface area (Å²) in [4.78, 5) is 7.35. The number of nitrogens with zero attached hydrogens (tertiary/aromatic N) is 2. The van der Waals surface area contributed by atoms with E-state index in [1.807, 2.05) is 11.8 Å². The lowest BCUT2D eigenvalue weighted by Gasteiger charge is -2.33. The van der Waals surface area contributed by atoms with Gasteiger partial charge < -0.3 is 10.2 Å². The topological polar surface area (TPSA) is 27.6 Å². The number of rotatable bonds is 5. The van der Waals surface area contributed by atoms with Crippen molar-refractivity contribution in [3.05, 3.63) is 0 Å². The Morgan fingerprint density at radius 1 is 1.24 bits per heavy atom. The van der Waals surface area contributed by atoms with Crippen molar-refractivity contribution in [2.75, 3.05) is 38.2 Å². The van der Waals surface area contributed by atoms with Gasteiger partial charge in [-0.25, -0.2) is 0 Å². The maximum absolute atomic E-state index is 4.83. The van der Waals surface area contributed by atoms with E-state index in [0.717, 1.165) is 19.0 Å².